The van der Waals surface area contributed by atoms with Gasteiger partial charge in [0.1, 0.15) is 0 Å². The predicted molar refractivity (Wildman–Crippen MR) is 55.3 cm³/mol. The first-order valence-corrected chi connectivity index (χ1v) is 5.09. The monoisotopic (exact) mass is 186 g/mol. The quantitative estimate of drug-likeness (QED) is 0.656. The van der Waals surface area contributed by atoms with E-state index in [-0.39, 0.29) is 11.9 Å². The lowest BCUT2D eigenvalue weighted by molar-refractivity contribution is -0.121. The Morgan fingerprint density at radius 2 is 2.08 bits per heavy atom. The third-order valence-electron chi connectivity index (χ3n) is 1.88. The summed E-state index contributed by atoms with van der Waals surface area (Å²) in [5.74, 6) is 0.703. The van der Waals surface area contributed by atoms with Gasteiger partial charge < -0.3 is 11.1 Å². The minimum Gasteiger partial charge on any atom is -0.352 e. The number of hydrogen-bond donors (Lipinski definition) is 2. The molecule has 0 spiro atoms. The molecule has 0 saturated heterocycles. The van der Waals surface area contributed by atoms with Crippen molar-refractivity contribution in [2.75, 3.05) is 6.54 Å². The van der Waals surface area contributed by atoms with Crippen LogP contribution in [0.15, 0.2) is 0 Å². The molecule has 0 fully saturated rings. The van der Waals surface area contributed by atoms with Crippen LogP contribution in [0.3, 0.4) is 0 Å². The predicted octanol–water partition coefficient (Wildman–Crippen LogP) is 1.28. The van der Waals surface area contributed by atoms with Crippen molar-refractivity contribution >= 4 is 5.91 Å². The molecule has 13 heavy (non-hydrogen) atoms. The molecule has 0 aliphatic rings. The fourth-order valence-electron chi connectivity index (χ4n) is 1.31. The van der Waals surface area contributed by atoms with E-state index >= 15 is 0 Å². The Bertz CT molecular complexity index is 146. The highest BCUT2D eigenvalue weighted by Crippen LogP contribution is 2.03. The maximum atomic E-state index is 11.2. The van der Waals surface area contributed by atoms with Crippen LogP contribution in [0.25, 0.3) is 0 Å². The molecule has 3 heteroatoms. The van der Waals surface area contributed by atoms with Crippen molar-refractivity contribution in [2.45, 2.75) is 46.1 Å². The summed E-state index contributed by atoms with van der Waals surface area (Å²) in [6.45, 7) is 6.80. The van der Waals surface area contributed by atoms with E-state index in [4.69, 9.17) is 5.73 Å². The zero-order valence-corrected chi connectivity index (χ0v) is 8.97. The summed E-state index contributed by atoms with van der Waals surface area (Å²) in [7, 11) is 0. The van der Waals surface area contributed by atoms with Gasteiger partial charge in [-0.3, -0.25) is 4.79 Å². The summed E-state index contributed by atoms with van der Waals surface area (Å²) in [6, 6.07) is 0.152. The zero-order valence-electron chi connectivity index (χ0n) is 8.97. The second-order valence-corrected chi connectivity index (χ2v) is 3.88. The minimum absolute atomic E-state index is 0.124. The van der Waals surface area contributed by atoms with Crippen molar-refractivity contribution in [3.8, 4) is 0 Å². The molecule has 0 aromatic rings. The molecule has 1 unspecified atom stereocenters. The second-order valence-electron chi connectivity index (χ2n) is 3.88. The molecule has 0 rings (SSSR count). The topological polar surface area (TPSA) is 55.1 Å². The SMILES string of the molecule is CCCC(=O)NC(CN)CC(C)C. The molecule has 0 aliphatic carbocycles. The van der Waals surface area contributed by atoms with Gasteiger partial charge in [-0.05, 0) is 18.8 Å². The van der Waals surface area contributed by atoms with Crippen LogP contribution in [0.4, 0.5) is 0 Å². The van der Waals surface area contributed by atoms with E-state index in [9.17, 15) is 4.79 Å². The number of carbonyl (C=O) groups is 1. The lowest BCUT2D eigenvalue weighted by Crippen LogP contribution is -2.40. The molecule has 1 atom stereocenters. The molecule has 0 radical (unpaired) electrons. The number of rotatable bonds is 6. The summed E-state index contributed by atoms with van der Waals surface area (Å²) < 4.78 is 0. The molecule has 0 saturated carbocycles. The van der Waals surface area contributed by atoms with Crippen molar-refractivity contribution in [3.63, 3.8) is 0 Å². The summed E-state index contributed by atoms with van der Waals surface area (Å²) in [5.41, 5.74) is 5.55. The van der Waals surface area contributed by atoms with Gasteiger partial charge in [0.25, 0.3) is 0 Å². The summed E-state index contributed by atoms with van der Waals surface area (Å²) in [4.78, 5) is 11.2. The summed E-state index contributed by atoms with van der Waals surface area (Å²) in [5, 5.41) is 2.94. The van der Waals surface area contributed by atoms with E-state index in [0.717, 1.165) is 12.8 Å². The molecule has 0 bridgehead atoms. The molecule has 78 valence electrons. The van der Waals surface area contributed by atoms with Gasteiger partial charge in [-0.2, -0.15) is 0 Å². The van der Waals surface area contributed by atoms with Gasteiger partial charge in [-0.25, -0.2) is 0 Å². The molecular formula is C10H22N2O. The molecule has 0 heterocycles. The number of amides is 1. The average Bonchev–Trinajstić information content (AvgIpc) is 2.02. The van der Waals surface area contributed by atoms with Gasteiger partial charge in [-0.1, -0.05) is 20.8 Å². The number of carbonyl (C=O) groups excluding carboxylic acids is 1. The van der Waals surface area contributed by atoms with E-state index in [0.29, 0.717) is 18.9 Å². The Hall–Kier alpha value is -0.570. The van der Waals surface area contributed by atoms with Crippen LogP contribution in [0.1, 0.15) is 40.0 Å². The highest BCUT2D eigenvalue weighted by molar-refractivity contribution is 5.76. The molecule has 1 amide bonds. The van der Waals surface area contributed by atoms with Crippen molar-refractivity contribution in [2.24, 2.45) is 11.7 Å². The first-order valence-electron chi connectivity index (χ1n) is 5.09. The standard InChI is InChI=1S/C10H22N2O/c1-4-5-10(13)12-9(7-11)6-8(2)3/h8-9H,4-7,11H2,1-3H3,(H,12,13). The number of nitrogens with one attached hydrogen (secondary N) is 1. The molecule has 3 N–H and O–H groups in total. The van der Waals surface area contributed by atoms with Gasteiger partial charge in [-0.15, -0.1) is 0 Å². The minimum atomic E-state index is 0.124. The smallest absolute Gasteiger partial charge is 0.220 e. The van der Waals surface area contributed by atoms with Crippen LogP contribution >= 0.6 is 0 Å². The van der Waals surface area contributed by atoms with Crippen LogP contribution in [0.5, 0.6) is 0 Å². The second kappa shape index (κ2) is 6.89. The van der Waals surface area contributed by atoms with E-state index in [2.05, 4.69) is 19.2 Å². The molecule has 3 nitrogen and oxygen atoms in total. The highest BCUT2D eigenvalue weighted by atomic mass is 16.1. The molecular weight excluding hydrogens is 164 g/mol. The van der Waals surface area contributed by atoms with Gasteiger partial charge in [0.15, 0.2) is 0 Å². The van der Waals surface area contributed by atoms with E-state index in [1.165, 1.54) is 0 Å². The Labute approximate surface area is 81.1 Å². The van der Waals surface area contributed by atoms with Crippen LogP contribution in [-0.2, 0) is 4.79 Å². The van der Waals surface area contributed by atoms with Crippen molar-refractivity contribution in [1.29, 1.82) is 0 Å². The van der Waals surface area contributed by atoms with Crippen LogP contribution in [0.2, 0.25) is 0 Å². The first kappa shape index (κ1) is 12.4. The molecule has 0 aromatic heterocycles. The maximum absolute atomic E-state index is 11.2. The first-order chi connectivity index (χ1) is 6.10. The van der Waals surface area contributed by atoms with Crippen molar-refractivity contribution in [1.82, 2.24) is 5.32 Å². The molecule has 0 aliphatic heterocycles. The third-order valence-corrected chi connectivity index (χ3v) is 1.88. The summed E-state index contributed by atoms with van der Waals surface area (Å²) in [6.07, 6.45) is 2.46. The van der Waals surface area contributed by atoms with Crippen molar-refractivity contribution < 1.29 is 4.79 Å². The third kappa shape index (κ3) is 6.58. The number of hydrogen-bond acceptors (Lipinski definition) is 2. The van der Waals surface area contributed by atoms with E-state index in [1.807, 2.05) is 6.92 Å². The largest absolute Gasteiger partial charge is 0.352 e. The van der Waals surface area contributed by atoms with Gasteiger partial charge in [0, 0.05) is 19.0 Å². The number of nitrogens with two attached hydrogens (primary N) is 1. The fourth-order valence-corrected chi connectivity index (χ4v) is 1.31. The normalized spacial score (nSPS) is 13.0. The average molecular weight is 186 g/mol. The maximum Gasteiger partial charge on any atom is 0.220 e. The fraction of sp³-hybridized carbons (Fsp3) is 0.900. The Morgan fingerprint density at radius 3 is 2.46 bits per heavy atom. The van der Waals surface area contributed by atoms with Crippen molar-refractivity contribution in [3.05, 3.63) is 0 Å². The van der Waals surface area contributed by atoms with Crippen LogP contribution in [0, 0.1) is 5.92 Å². The van der Waals surface area contributed by atoms with E-state index in [1.54, 1.807) is 0 Å². The zero-order chi connectivity index (χ0) is 10.3. The van der Waals surface area contributed by atoms with Gasteiger partial charge in [0.2, 0.25) is 5.91 Å². The Kier molecular flexibility index (Phi) is 6.59. The van der Waals surface area contributed by atoms with E-state index < -0.39 is 0 Å². The van der Waals surface area contributed by atoms with Gasteiger partial charge in [0.05, 0.1) is 0 Å². The van der Waals surface area contributed by atoms with Crippen LogP contribution < -0.4 is 11.1 Å². The molecule has 0 aromatic carbocycles. The van der Waals surface area contributed by atoms with Gasteiger partial charge >= 0.3 is 0 Å². The highest BCUT2D eigenvalue weighted by Gasteiger charge is 2.11. The van der Waals surface area contributed by atoms with Crippen LogP contribution in [-0.4, -0.2) is 18.5 Å². The lowest BCUT2D eigenvalue weighted by atomic mass is 10.0. The Balaban J connectivity index is 3.76. The Morgan fingerprint density at radius 1 is 1.46 bits per heavy atom. The lowest BCUT2D eigenvalue weighted by Gasteiger charge is -2.18. The summed E-state index contributed by atoms with van der Waals surface area (Å²) >= 11 is 0.